The third kappa shape index (κ3) is 5.12. The van der Waals surface area contributed by atoms with Crippen LogP contribution in [0.3, 0.4) is 0 Å². The molecule has 3 fully saturated rings. The average Bonchev–Trinajstić information content (AvgIpc) is 3.12. The van der Waals surface area contributed by atoms with E-state index in [4.69, 9.17) is 19.7 Å². The Kier molecular flexibility index (Phi) is 7.30. The van der Waals surface area contributed by atoms with E-state index >= 15 is 0 Å². The standard InChI is InChI=1S/C27H38O8/c1-26-13-11-17(34-24(32)9-7-22(28)29)15-16(26)3-4-18-19-5-6-21(27(19,2)14-12-20(18)26)35-25(33)10-8-23(30)31/h3,17-21H,4-15H2,1-2H3,(H,28,29)(H,30,31)/t17-,18?,19?,20?,21-,26-,27-/m0/s1. The maximum Gasteiger partial charge on any atom is 0.306 e. The first kappa shape index (κ1) is 25.7. The summed E-state index contributed by atoms with van der Waals surface area (Å²) in [6.07, 6.45) is 8.85. The van der Waals surface area contributed by atoms with Gasteiger partial charge in [0, 0.05) is 11.8 Å². The van der Waals surface area contributed by atoms with Gasteiger partial charge in [-0.1, -0.05) is 25.5 Å². The van der Waals surface area contributed by atoms with E-state index in [1.54, 1.807) is 0 Å². The Morgan fingerprint density at radius 1 is 0.857 bits per heavy atom. The molecular formula is C27H38O8. The summed E-state index contributed by atoms with van der Waals surface area (Å²) in [5.74, 6) is -1.27. The fourth-order valence-electron chi connectivity index (χ4n) is 7.75. The summed E-state index contributed by atoms with van der Waals surface area (Å²) < 4.78 is 11.4. The van der Waals surface area contributed by atoms with Crippen molar-refractivity contribution < 1.29 is 38.9 Å². The summed E-state index contributed by atoms with van der Waals surface area (Å²) in [6.45, 7) is 4.62. The van der Waals surface area contributed by atoms with Crippen LogP contribution in [0.1, 0.15) is 90.9 Å². The van der Waals surface area contributed by atoms with E-state index in [1.807, 2.05) is 0 Å². The second-order valence-corrected chi connectivity index (χ2v) is 11.5. The molecule has 4 aliphatic rings. The minimum atomic E-state index is -0.993. The quantitative estimate of drug-likeness (QED) is 0.376. The van der Waals surface area contributed by atoms with Crippen LogP contribution in [0.15, 0.2) is 11.6 Å². The van der Waals surface area contributed by atoms with E-state index in [0.717, 1.165) is 51.4 Å². The number of carbonyl (C=O) groups excluding carboxylic acids is 2. The van der Waals surface area contributed by atoms with Crippen LogP contribution in [0.5, 0.6) is 0 Å². The fraction of sp³-hybridized carbons (Fsp3) is 0.778. The molecule has 35 heavy (non-hydrogen) atoms. The molecule has 0 aliphatic heterocycles. The molecule has 0 bridgehead atoms. The Morgan fingerprint density at radius 2 is 1.51 bits per heavy atom. The highest BCUT2D eigenvalue weighted by Gasteiger charge is 2.59. The molecule has 0 heterocycles. The van der Waals surface area contributed by atoms with Gasteiger partial charge in [-0.05, 0) is 68.1 Å². The van der Waals surface area contributed by atoms with Crippen LogP contribution in [0.25, 0.3) is 0 Å². The number of hydrogen-bond donors (Lipinski definition) is 2. The number of rotatable bonds is 8. The lowest BCUT2D eigenvalue weighted by Crippen LogP contribution is -2.51. The van der Waals surface area contributed by atoms with E-state index in [1.165, 1.54) is 5.57 Å². The van der Waals surface area contributed by atoms with Gasteiger partial charge in [-0.15, -0.1) is 0 Å². The van der Waals surface area contributed by atoms with Crippen LogP contribution in [0, 0.1) is 28.6 Å². The number of hydrogen-bond acceptors (Lipinski definition) is 6. The van der Waals surface area contributed by atoms with Crippen LogP contribution in [-0.4, -0.2) is 46.3 Å². The maximum atomic E-state index is 12.3. The summed E-state index contributed by atoms with van der Waals surface area (Å²) in [5, 5.41) is 17.6. The molecule has 3 saturated carbocycles. The van der Waals surface area contributed by atoms with Crippen LogP contribution in [-0.2, 0) is 28.7 Å². The van der Waals surface area contributed by atoms with Crippen LogP contribution in [0.2, 0.25) is 0 Å². The van der Waals surface area contributed by atoms with Crippen molar-refractivity contribution in [3.8, 4) is 0 Å². The zero-order valence-electron chi connectivity index (χ0n) is 20.8. The van der Waals surface area contributed by atoms with Gasteiger partial charge in [0.15, 0.2) is 0 Å². The first-order chi connectivity index (χ1) is 16.5. The second-order valence-electron chi connectivity index (χ2n) is 11.5. The number of carboxylic acid groups (broad SMARTS) is 2. The second kappa shape index (κ2) is 9.94. The third-order valence-corrected chi connectivity index (χ3v) is 9.63. The van der Waals surface area contributed by atoms with E-state index in [2.05, 4.69) is 19.9 Å². The zero-order valence-corrected chi connectivity index (χ0v) is 20.8. The number of aliphatic carboxylic acids is 2. The summed E-state index contributed by atoms with van der Waals surface area (Å²) in [7, 11) is 0. The molecule has 0 amide bonds. The first-order valence-corrected chi connectivity index (χ1v) is 13.0. The number of ether oxygens (including phenoxy) is 2. The predicted molar refractivity (Wildman–Crippen MR) is 125 cm³/mol. The molecule has 194 valence electrons. The smallest absolute Gasteiger partial charge is 0.306 e. The average molecular weight is 491 g/mol. The first-order valence-electron chi connectivity index (χ1n) is 13.0. The molecule has 4 aliphatic carbocycles. The molecule has 8 nitrogen and oxygen atoms in total. The number of carboxylic acids is 2. The molecule has 7 atom stereocenters. The lowest BCUT2D eigenvalue weighted by atomic mass is 9.48. The number of allylic oxidation sites excluding steroid dienone is 1. The Morgan fingerprint density at radius 3 is 2.17 bits per heavy atom. The molecule has 0 saturated heterocycles. The highest BCUT2D eigenvalue weighted by atomic mass is 16.5. The lowest BCUT2D eigenvalue weighted by molar-refractivity contribution is -0.161. The minimum absolute atomic E-state index is 0.0708. The van der Waals surface area contributed by atoms with Crippen LogP contribution in [0.4, 0.5) is 0 Å². The summed E-state index contributed by atoms with van der Waals surface area (Å²) in [6, 6.07) is 0. The highest BCUT2D eigenvalue weighted by molar-refractivity contribution is 5.77. The molecule has 0 aromatic carbocycles. The van der Waals surface area contributed by atoms with Gasteiger partial charge in [0.25, 0.3) is 0 Å². The summed E-state index contributed by atoms with van der Waals surface area (Å²) in [4.78, 5) is 45.8. The van der Waals surface area contributed by atoms with Gasteiger partial charge < -0.3 is 19.7 Å². The van der Waals surface area contributed by atoms with Crippen molar-refractivity contribution in [3.05, 3.63) is 11.6 Å². The Balaban J connectivity index is 1.40. The van der Waals surface area contributed by atoms with Gasteiger partial charge in [-0.2, -0.15) is 0 Å². The molecular weight excluding hydrogens is 452 g/mol. The van der Waals surface area contributed by atoms with Crippen molar-refractivity contribution >= 4 is 23.9 Å². The van der Waals surface area contributed by atoms with Crippen molar-refractivity contribution in [2.45, 2.75) is 103 Å². The number of esters is 2. The topological polar surface area (TPSA) is 127 Å². The summed E-state index contributed by atoms with van der Waals surface area (Å²) >= 11 is 0. The van der Waals surface area contributed by atoms with E-state index in [-0.39, 0.29) is 48.7 Å². The van der Waals surface area contributed by atoms with Crippen LogP contribution < -0.4 is 0 Å². The Bertz CT molecular complexity index is 909. The Hall–Kier alpha value is -2.38. The molecule has 0 aromatic rings. The molecule has 0 spiro atoms. The fourth-order valence-corrected chi connectivity index (χ4v) is 7.75. The minimum Gasteiger partial charge on any atom is -0.481 e. The van der Waals surface area contributed by atoms with E-state index in [9.17, 15) is 19.2 Å². The monoisotopic (exact) mass is 490 g/mol. The van der Waals surface area contributed by atoms with Crippen LogP contribution >= 0.6 is 0 Å². The maximum absolute atomic E-state index is 12.3. The highest BCUT2D eigenvalue weighted by Crippen LogP contribution is 2.65. The molecule has 0 radical (unpaired) electrons. The SMILES string of the molecule is C[C@]12CC[C@H](OC(=O)CCC(=O)O)CC1=CCC1C2CC[C@@]2(C)C1CC[C@@H]2OC(=O)CCC(=O)O. The normalized spacial score (nSPS) is 37.8. The van der Waals surface area contributed by atoms with Gasteiger partial charge >= 0.3 is 23.9 Å². The van der Waals surface area contributed by atoms with Crippen molar-refractivity contribution in [1.29, 1.82) is 0 Å². The third-order valence-electron chi connectivity index (χ3n) is 9.63. The zero-order chi connectivity index (χ0) is 25.4. The molecule has 8 heteroatoms. The molecule has 3 unspecified atom stereocenters. The van der Waals surface area contributed by atoms with Gasteiger partial charge in [0.2, 0.25) is 0 Å². The number of carbonyl (C=O) groups is 4. The van der Waals surface area contributed by atoms with E-state index in [0.29, 0.717) is 17.8 Å². The number of fused-ring (bicyclic) bond motifs is 5. The molecule has 2 N–H and O–H groups in total. The van der Waals surface area contributed by atoms with Gasteiger partial charge in [0.1, 0.15) is 12.2 Å². The van der Waals surface area contributed by atoms with Crippen molar-refractivity contribution in [2.75, 3.05) is 0 Å². The van der Waals surface area contributed by atoms with Crippen molar-refractivity contribution in [1.82, 2.24) is 0 Å². The Labute approximate surface area is 206 Å². The van der Waals surface area contributed by atoms with Crippen molar-refractivity contribution in [3.63, 3.8) is 0 Å². The molecule has 0 aromatic heterocycles. The van der Waals surface area contributed by atoms with Gasteiger partial charge in [0.05, 0.1) is 25.7 Å². The van der Waals surface area contributed by atoms with E-state index < -0.39 is 23.9 Å². The lowest BCUT2D eigenvalue weighted by Gasteiger charge is -2.57. The van der Waals surface area contributed by atoms with Gasteiger partial charge in [-0.3, -0.25) is 19.2 Å². The summed E-state index contributed by atoms with van der Waals surface area (Å²) in [5.41, 5.74) is 1.38. The van der Waals surface area contributed by atoms with Crippen molar-refractivity contribution in [2.24, 2.45) is 28.6 Å². The van der Waals surface area contributed by atoms with Gasteiger partial charge in [-0.25, -0.2) is 0 Å². The molecule has 4 rings (SSSR count). The predicted octanol–water partition coefficient (Wildman–Crippen LogP) is 4.50. The largest absolute Gasteiger partial charge is 0.481 e.